The highest BCUT2D eigenvalue weighted by molar-refractivity contribution is 7.44. The number of nitrogens with zero attached hydrogens (tertiary/aromatic N) is 3. The van der Waals surface area contributed by atoms with Gasteiger partial charge >= 0.3 is 6.16 Å². The minimum atomic E-state index is -1.56. The van der Waals surface area contributed by atoms with Gasteiger partial charge in [-0.1, -0.05) is 0 Å². The molecule has 1 aromatic rings. The molecule has 0 aromatic heterocycles. The molecule has 0 saturated carbocycles. The van der Waals surface area contributed by atoms with Crippen LogP contribution in [0.15, 0.2) is 12.1 Å². The number of methoxy groups -OCH3 is 2. The Kier molecular flexibility index (Phi) is 13.2. The molecule has 15 heteroatoms. The van der Waals surface area contributed by atoms with Crippen molar-refractivity contribution in [1.29, 1.82) is 5.26 Å². The van der Waals surface area contributed by atoms with Crippen LogP contribution >= 0.6 is 8.53 Å². The molecule has 4 unspecified atom stereocenters. The number of carbonyl (C=O) groups excluding carboxylic acids is 1. The van der Waals surface area contributed by atoms with Crippen molar-refractivity contribution in [3.05, 3.63) is 27.8 Å². The van der Waals surface area contributed by atoms with Gasteiger partial charge in [-0.25, -0.2) is 9.46 Å². The van der Waals surface area contributed by atoms with Crippen molar-refractivity contribution < 1.29 is 42.4 Å². The lowest BCUT2D eigenvalue weighted by atomic mass is 9.96. The molecule has 1 aromatic carbocycles. The highest BCUT2D eigenvalue weighted by Gasteiger charge is 2.39. The van der Waals surface area contributed by atoms with Crippen molar-refractivity contribution in [2.45, 2.75) is 77.4 Å². The predicted molar refractivity (Wildman–Crippen MR) is 141 cm³/mol. The lowest BCUT2D eigenvalue weighted by molar-refractivity contribution is -0.385. The highest BCUT2D eigenvalue weighted by atomic mass is 31.2. The number of carbonyl (C=O) groups is 1. The van der Waals surface area contributed by atoms with Crippen LogP contribution in [0.25, 0.3) is 0 Å². The Bertz CT molecular complexity index is 1000. The summed E-state index contributed by atoms with van der Waals surface area (Å²) in [5.74, 6) is 0.412. The smallest absolute Gasteiger partial charge is 0.493 e. The molecule has 214 valence electrons. The van der Waals surface area contributed by atoms with E-state index in [0.29, 0.717) is 6.42 Å². The standard InChI is InChI=1S/C24H35BN3O10P/c1-15(2)27(16(3)4)39(36-9-7-8-26)38-21-12-23(25)37-22(21)14-35-24(29)34-13-17-10-19(32-5)20(33-6)11-18(17)28(30)31/h10-11,15-16,21-23H,7,9,12-14H2,1-6H3. The number of benzene rings is 1. The normalized spacial score (nSPS) is 19.6. The summed E-state index contributed by atoms with van der Waals surface area (Å²) in [6.07, 6.45) is -1.75. The minimum absolute atomic E-state index is 0.0950. The maximum Gasteiger partial charge on any atom is 0.508 e. The van der Waals surface area contributed by atoms with Gasteiger partial charge in [-0.15, -0.1) is 0 Å². The number of ether oxygens (including phenoxy) is 5. The van der Waals surface area contributed by atoms with E-state index in [1.165, 1.54) is 26.4 Å². The van der Waals surface area contributed by atoms with Crippen LogP contribution < -0.4 is 9.47 Å². The predicted octanol–water partition coefficient (Wildman–Crippen LogP) is 4.21. The average Bonchev–Trinajstić information content (AvgIpc) is 3.23. The van der Waals surface area contributed by atoms with Crippen molar-refractivity contribution in [3.8, 4) is 17.6 Å². The molecule has 4 atom stereocenters. The van der Waals surface area contributed by atoms with E-state index in [2.05, 4.69) is 10.7 Å². The van der Waals surface area contributed by atoms with Gasteiger partial charge in [0.15, 0.2) is 11.5 Å². The van der Waals surface area contributed by atoms with Crippen LogP contribution in [0.4, 0.5) is 10.5 Å². The zero-order valence-corrected chi connectivity index (χ0v) is 23.9. The summed E-state index contributed by atoms with van der Waals surface area (Å²) in [5.41, 5.74) is -0.207. The summed E-state index contributed by atoms with van der Waals surface area (Å²) in [6, 6.07) is 4.15. The van der Waals surface area contributed by atoms with Crippen LogP contribution in [0.1, 0.15) is 46.1 Å². The average molecular weight is 567 g/mol. The van der Waals surface area contributed by atoms with E-state index in [1.807, 2.05) is 27.7 Å². The molecule has 1 fully saturated rings. The van der Waals surface area contributed by atoms with E-state index in [1.54, 1.807) is 0 Å². The zero-order valence-electron chi connectivity index (χ0n) is 23.0. The Morgan fingerprint density at radius 1 is 1.23 bits per heavy atom. The van der Waals surface area contributed by atoms with Gasteiger partial charge in [0.25, 0.3) is 14.2 Å². The fraction of sp³-hybridized carbons (Fsp3) is 0.667. The highest BCUT2D eigenvalue weighted by Crippen LogP contribution is 2.49. The Morgan fingerprint density at radius 3 is 2.44 bits per heavy atom. The Hall–Kier alpha value is -2.69. The van der Waals surface area contributed by atoms with E-state index < -0.39 is 44.4 Å². The maximum absolute atomic E-state index is 12.3. The number of rotatable bonds is 15. The SMILES string of the molecule is [B]C1CC(OP(OCCC#N)N(C(C)C)C(C)C)C(COC(=O)OCc2cc(OC)c(OC)cc2[N+](=O)[O-])O1. The Balaban J connectivity index is 2.04. The molecule has 1 saturated heterocycles. The molecular formula is C24H35BN3O10P. The van der Waals surface area contributed by atoms with Crippen LogP contribution in [0.2, 0.25) is 0 Å². The minimum Gasteiger partial charge on any atom is -0.493 e. The summed E-state index contributed by atoms with van der Waals surface area (Å²) in [7, 11) is 7.17. The fourth-order valence-corrected chi connectivity index (χ4v) is 5.70. The van der Waals surface area contributed by atoms with Gasteiger partial charge in [0.1, 0.15) is 27.2 Å². The van der Waals surface area contributed by atoms with E-state index in [-0.39, 0.29) is 54.5 Å². The molecule has 0 bridgehead atoms. The van der Waals surface area contributed by atoms with Gasteiger partial charge in [0.05, 0.1) is 56.0 Å². The third-order valence-electron chi connectivity index (χ3n) is 5.61. The van der Waals surface area contributed by atoms with Gasteiger partial charge < -0.3 is 32.7 Å². The second-order valence-electron chi connectivity index (χ2n) is 9.08. The van der Waals surface area contributed by atoms with Crippen LogP contribution in [0.3, 0.4) is 0 Å². The first-order chi connectivity index (χ1) is 18.5. The second kappa shape index (κ2) is 15.8. The monoisotopic (exact) mass is 567 g/mol. The summed E-state index contributed by atoms with van der Waals surface area (Å²) in [5, 5.41) is 20.4. The number of hydrogen-bond donors (Lipinski definition) is 0. The van der Waals surface area contributed by atoms with Crippen LogP contribution in [0.5, 0.6) is 11.5 Å². The van der Waals surface area contributed by atoms with Crippen LogP contribution in [-0.2, 0) is 29.9 Å². The quantitative estimate of drug-likeness (QED) is 0.0745. The first-order valence-corrected chi connectivity index (χ1v) is 13.5. The van der Waals surface area contributed by atoms with E-state index in [4.69, 9.17) is 45.8 Å². The molecule has 2 rings (SSSR count). The number of nitro benzene ring substituents is 1. The molecule has 1 aliphatic heterocycles. The van der Waals surface area contributed by atoms with Crippen LogP contribution in [-0.4, -0.2) is 81.3 Å². The van der Waals surface area contributed by atoms with Gasteiger partial charge in [-0.2, -0.15) is 5.26 Å². The Labute approximate surface area is 231 Å². The summed E-state index contributed by atoms with van der Waals surface area (Å²) in [6.45, 7) is 7.61. The molecule has 0 amide bonds. The molecule has 0 aliphatic carbocycles. The number of nitriles is 1. The third-order valence-corrected chi connectivity index (χ3v) is 7.76. The molecule has 1 heterocycles. The largest absolute Gasteiger partial charge is 0.508 e. The molecular weight excluding hydrogens is 532 g/mol. The zero-order chi connectivity index (χ0) is 29.1. The number of hydrogen-bond acceptors (Lipinski definition) is 12. The van der Waals surface area contributed by atoms with Gasteiger partial charge in [0.2, 0.25) is 0 Å². The summed E-state index contributed by atoms with van der Waals surface area (Å²) >= 11 is 0. The maximum atomic E-state index is 12.3. The van der Waals surface area contributed by atoms with Gasteiger partial charge in [-0.3, -0.25) is 10.1 Å². The van der Waals surface area contributed by atoms with Crippen molar-refractivity contribution >= 4 is 28.2 Å². The van der Waals surface area contributed by atoms with Crippen molar-refractivity contribution in [3.63, 3.8) is 0 Å². The second-order valence-corrected chi connectivity index (χ2v) is 10.5. The molecule has 0 spiro atoms. The topological polar surface area (TPSA) is 152 Å². The van der Waals surface area contributed by atoms with Gasteiger partial charge in [0, 0.05) is 18.1 Å². The summed E-state index contributed by atoms with van der Waals surface area (Å²) in [4.78, 5) is 23.2. The lowest BCUT2D eigenvalue weighted by Crippen LogP contribution is -2.36. The van der Waals surface area contributed by atoms with E-state index in [9.17, 15) is 14.9 Å². The van der Waals surface area contributed by atoms with E-state index in [0.717, 1.165) is 0 Å². The molecule has 1 aliphatic rings. The lowest BCUT2D eigenvalue weighted by Gasteiger charge is -2.37. The molecule has 2 radical (unpaired) electrons. The molecule has 0 N–H and O–H groups in total. The third kappa shape index (κ3) is 9.48. The van der Waals surface area contributed by atoms with Crippen molar-refractivity contribution in [1.82, 2.24) is 4.67 Å². The molecule has 39 heavy (non-hydrogen) atoms. The van der Waals surface area contributed by atoms with Gasteiger partial charge in [-0.05, 0) is 40.2 Å². The van der Waals surface area contributed by atoms with E-state index >= 15 is 0 Å². The summed E-state index contributed by atoms with van der Waals surface area (Å²) < 4.78 is 40.6. The van der Waals surface area contributed by atoms with Crippen LogP contribution in [0, 0.1) is 21.4 Å². The first kappa shape index (κ1) is 32.5. The van der Waals surface area contributed by atoms with Crippen molar-refractivity contribution in [2.75, 3.05) is 27.4 Å². The Morgan fingerprint density at radius 2 is 1.87 bits per heavy atom. The number of nitro groups is 1. The fourth-order valence-electron chi connectivity index (χ4n) is 3.94. The first-order valence-electron chi connectivity index (χ1n) is 12.4. The molecule has 13 nitrogen and oxygen atoms in total. The van der Waals surface area contributed by atoms with Crippen molar-refractivity contribution in [2.24, 2.45) is 0 Å².